The zero-order chi connectivity index (χ0) is 15.1. The Bertz CT molecular complexity index is 884. The molecule has 0 aliphatic carbocycles. The van der Waals surface area contributed by atoms with Crippen LogP contribution in [0.4, 0.5) is 0 Å². The minimum Gasteiger partial charge on any atom is -0.302 e. The molecule has 0 radical (unpaired) electrons. The first-order valence-electron chi connectivity index (χ1n) is 6.16. The second-order valence-corrected chi connectivity index (χ2v) is 6.96. The number of halogens is 3. The van der Waals surface area contributed by atoms with Crippen molar-refractivity contribution in [3.63, 3.8) is 0 Å². The summed E-state index contributed by atoms with van der Waals surface area (Å²) in [5, 5.41) is 0.717. The predicted octanol–water partition coefficient (Wildman–Crippen LogP) is 5.24. The van der Waals surface area contributed by atoms with Crippen molar-refractivity contribution >= 4 is 56.4 Å². The second-order valence-electron chi connectivity index (χ2n) is 4.68. The molecule has 0 amide bonds. The number of hydrogen-bond acceptors (Lipinski definition) is 2. The van der Waals surface area contributed by atoms with Gasteiger partial charge < -0.3 is 4.57 Å². The van der Waals surface area contributed by atoms with E-state index in [0.29, 0.717) is 10.0 Å². The molecule has 0 N–H and O–H groups in total. The van der Waals surface area contributed by atoms with Crippen LogP contribution in [0.3, 0.4) is 0 Å². The summed E-state index contributed by atoms with van der Waals surface area (Å²) < 4.78 is 2.54. The lowest BCUT2D eigenvalue weighted by atomic mass is 10.0. The van der Waals surface area contributed by atoms with Crippen LogP contribution in [0.1, 0.15) is 16.5 Å². The van der Waals surface area contributed by atoms with Gasteiger partial charge in [-0.1, -0.05) is 46.7 Å². The highest BCUT2D eigenvalue weighted by Crippen LogP contribution is 2.36. The van der Waals surface area contributed by atoms with E-state index < -0.39 is 0 Å². The Morgan fingerprint density at radius 1 is 1.14 bits per heavy atom. The van der Waals surface area contributed by atoms with E-state index in [1.165, 1.54) is 11.3 Å². The Labute approximate surface area is 140 Å². The van der Waals surface area contributed by atoms with E-state index in [1.807, 2.05) is 24.3 Å². The summed E-state index contributed by atoms with van der Waals surface area (Å²) >= 11 is 19.8. The molecule has 108 valence electrons. The highest BCUT2D eigenvalue weighted by atomic mass is 35.5. The summed E-state index contributed by atoms with van der Waals surface area (Å²) in [5.74, 6) is 0. The molecule has 0 bridgehead atoms. The van der Waals surface area contributed by atoms with E-state index in [1.54, 1.807) is 23.7 Å². The molecule has 1 heterocycles. The fraction of sp³-hybridized carbons (Fsp3) is 0.133. The Morgan fingerprint density at radius 3 is 2.62 bits per heavy atom. The third kappa shape index (κ3) is 2.71. The first-order chi connectivity index (χ1) is 9.97. The molecule has 21 heavy (non-hydrogen) atoms. The lowest BCUT2D eigenvalue weighted by Crippen LogP contribution is -2.06. The van der Waals surface area contributed by atoms with Crippen LogP contribution in [0.25, 0.3) is 10.2 Å². The smallest absolute Gasteiger partial charge is 0.302 e. The van der Waals surface area contributed by atoms with E-state index in [-0.39, 0.29) is 10.3 Å². The van der Waals surface area contributed by atoms with Crippen molar-refractivity contribution in [1.82, 2.24) is 4.57 Å². The topological polar surface area (TPSA) is 22.0 Å². The maximum absolute atomic E-state index is 11.7. The van der Waals surface area contributed by atoms with Gasteiger partial charge in [-0.15, -0.1) is 11.6 Å². The number of hydrogen-bond donors (Lipinski definition) is 0. The molecule has 0 fully saturated rings. The van der Waals surface area contributed by atoms with Crippen LogP contribution in [0.15, 0.2) is 41.2 Å². The highest BCUT2D eigenvalue weighted by molar-refractivity contribution is 7.16. The first kappa shape index (κ1) is 14.9. The SMILES string of the molecule is Cn1c(=O)sc2cc(C(Cl)c3ccc(Cl)cc3Cl)ccc21. The average Bonchev–Trinajstić information content (AvgIpc) is 2.73. The Kier molecular flexibility index (Phi) is 4.02. The fourth-order valence-electron chi connectivity index (χ4n) is 2.19. The summed E-state index contributed by atoms with van der Waals surface area (Å²) in [5.41, 5.74) is 2.60. The zero-order valence-electron chi connectivity index (χ0n) is 10.9. The van der Waals surface area contributed by atoms with Gasteiger partial charge in [0.15, 0.2) is 0 Å². The van der Waals surface area contributed by atoms with Gasteiger partial charge in [0, 0.05) is 17.1 Å². The molecular formula is C15H10Cl3NOS. The van der Waals surface area contributed by atoms with Gasteiger partial charge in [-0.2, -0.15) is 0 Å². The summed E-state index contributed by atoms with van der Waals surface area (Å²) in [6, 6.07) is 11.0. The van der Waals surface area contributed by atoms with Gasteiger partial charge in [0.1, 0.15) is 0 Å². The van der Waals surface area contributed by atoms with Crippen molar-refractivity contribution in [1.29, 1.82) is 0 Å². The molecule has 0 spiro atoms. The lowest BCUT2D eigenvalue weighted by Gasteiger charge is -2.12. The van der Waals surface area contributed by atoms with Crippen molar-refractivity contribution < 1.29 is 0 Å². The quantitative estimate of drug-likeness (QED) is 0.575. The standard InChI is InChI=1S/C15H10Cl3NOS/c1-19-12-5-2-8(6-13(12)21-15(19)20)14(18)10-4-3-9(16)7-11(10)17/h2-7,14H,1H3. The van der Waals surface area contributed by atoms with E-state index in [9.17, 15) is 4.79 Å². The van der Waals surface area contributed by atoms with Crippen molar-refractivity contribution in [3.8, 4) is 0 Å². The van der Waals surface area contributed by atoms with Crippen LogP contribution in [-0.4, -0.2) is 4.57 Å². The van der Waals surface area contributed by atoms with E-state index >= 15 is 0 Å². The van der Waals surface area contributed by atoms with Gasteiger partial charge in [-0.05, 0) is 35.4 Å². The van der Waals surface area contributed by atoms with Crippen molar-refractivity contribution in [2.75, 3.05) is 0 Å². The maximum atomic E-state index is 11.7. The minimum absolute atomic E-state index is 0.0118. The number of aryl methyl sites for hydroxylation is 1. The first-order valence-corrected chi connectivity index (χ1v) is 8.17. The van der Waals surface area contributed by atoms with Gasteiger partial charge in [0.25, 0.3) is 0 Å². The van der Waals surface area contributed by atoms with Gasteiger partial charge >= 0.3 is 4.87 Å². The molecule has 1 atom stereocenters. The summed E-state index contributed by atoms with van der Waals surface area (Å²) in [4.78, 5) is 11.7. The van der Waals surface area contributed by atoms with E-state index in [0.717, 1.165) is 21.3 Å². The molecule has 3 aromatic rings. The fourth-order valence-corrected chi connectivity index (χ4v) is 4.02. The Morgan fingerprint density at radius 2 is 1.90 bits per heavy atom. The number of aromatic nitrogens is 1. The number of fused-ring (bicyclic) bond motifs is 1. The Hall–Kier alpha value is -1.00. The van der Waals surface area contributed by atoms with Crippen LogP contribution in [0, 0.1) is 0 Å². The summed E-state index contributed by atoms with van der Waals surface area (Å²) in [7, 11) is 1.76. The van der Waals surface area contributed by atoms with Crippen LogP contribution >= 0.6 is 46.1 Å². The van der Waals surface area contributed by atoms with E-state index in [2.05, 4.69) is 0 Å². The Balaban J connectivity index is 2.09. The third-order valence-corrected chi connectivity index (χ3v) is 5.39. The van der Waals surface area contributed by atoms with Crippen molar-refractivity contribution in [3.05, 3.63) is 67.2 Å². The van der Waals surface area contributed by atoms with E-state index in [4.69, 9.17) is 34.8 Å². The monoisotopic (exact) mass is 357 g/mol. The number of nitrogens with zero attached hydrogens (tertiary/aromatic N) is 1. The number of benzene rings is 2. The molecule has 1 aromatic heterocycles. The molecule has 1 unspecified atom stereocenters. The van der Waals surface area contributed by atoms with Gasteiger partial charge in [0.2, 0.25) is 0 Å². The molecule has 0 saturated carbocycles. The van der Waals surface area contributed by atoms with Crippen molar-refractivity contribution in [2.24, 2.45) is 7.05 Å². The summed E-state index contributed by atoms with van der Waals surface area (Å²) in [6.07, 6.45) is 0. The molecule has 0 saturated heterocycles. The molecular weight excluding hydrogens is 349 g/mol. The molecule has 2 nitrogen and oxygen atoms in total. The molecule has 2 aromatic carbocycles. The largest absolute Gasteiger partial charge is 0.307 e. The van der Waals surface area contributed by atoms with Gasteiger partial charge in [-0.25, -0.2) is 0 Å². The van der Waals surface area contributed by atoms with Crippen LogP contribution in [-0.2, 0) is 7.05 Å². The third-order valence-electron chi connectivity index (χ3n) is 3.34. The number of thiazole rings is 1. The van der Waals surface area contributed by atoms with Gasteiger partial charge in [0.05, 0.1) is 15.6 Å². The predicted molar refractivity (Wildman–Crippen MR) is 91.2 cm³/mol. The highest BCUT2D eigenvalue weighted by Gasteiger charge is 2.16. The minimum atomic E-state index is -0.387. The average molecular weight is 359 g/mol. The van der Waals surface area contributed by atoms with Crippen molar-refractivity contribution in [2.45, 2.75) is 5.38 Å². The zero-order valence-corrected chi connectivity index (χ0v) is 14.0. The molecule has 6 heteroatoms. The normalized spacial score (nSPS) is 12.8. The number of rotatable bonds is 2. The molecule has 3 rings (SSSR count). The van der Waals surface area contributed by atoms with Gasteiger partial charge in [-0.3, -0.25) is 4.79 Å². The molecule has 0 aliphatic rings. The van der Waals surface area contributed by atoms with Crippen LogP contribution < -0.4 is 4.87 Å². The second kappa shape index (κ2) is 5.65. The molecule has 0 aliphatic heterocycles. The van der Waals surface area contributed by atoms with Crippen LogP contribution in [0.2, 0.25) is 10.0 Å². The van der Waals surface area contributed by atoms with Crippen LogP contribution in [0.5, 0.6) is 0 Å². The number of alkyl halides is 1. The maximum Gasteiger partial charge on any atom is 0.307 e. The lowest BCUT2D eigenvalue weighted by molar-refractivity contribution is 0.938. The summed E-state index contributed by atoms with van der Waals surface area (Å²) in [6.45, 7) is 0.